The van der Waals surface area contributed by atoms with Gasteiger partial charge in [0.25, 0.3) is 0 Å². The maximum Gasteiger partial charge on any atom is 0.100 e. The van der Waals surface area contributed by atoms with Crippen molar-refractivity contribution in [3.8, 4) is 0 Å². The van der Waals surface area contributed by atoms with E-state index in [-0.39, 0.29) is 0 Å². The summed E-state index contributed by atoms with van der Waals surface area (Å²) >= 11 is 0. The molecule has 1 spiro atoms. The largest absolute Gasteiger partial charge is 0.365 e. The first-order chi connectivity index (χ1) is 13.6. The molecule has 28 heavy (non-hydrogen) atoms. The van der Waals surface area contributed by atoms with Crippen molar-refractivity contribution in [2.24, 2.45) is 34.5 Å². The van der Waals surface area contributed by atoms with E-state index in [0.717, 1.165) is 23.7 Å². The predicted octanol–water partition coefficient (Wildman–Crippen LogP) is 7.92. The number of hydrogen-bond acceptors (Lipinski definition) is 1. The molecule has 0 aromatic carbocycles. The lowest BCUT2D eigenvalue weighted by molar-refractivity contribution is -0.112. The van der Waals surface area contributed by atoms with Crippen LogP contribution in [0, 0.1) is 34.5 Å². The van der Waals surface area contributed by atoms with E-state index in [4.69, 9.17) is 4.74 Å². The Morgan fingerprint density at radius 2 is 1.61 bits per heavy atom. The number of unbranched alkanes of at least 4 members (excludes halogenated alkanes) is 5. The second-order valence-corrected chi connectivity index (χ2v) is 12.1. The minimum Gasteiger partial charge on any atom is -0.365 e. The van der Waals surface area contributed by atoms with Crippen molar-refractivity contribution in [3.63, 3.8) is 0 Å². The molecule has 8 atom stereocenters. The fourth-order valence-corrected chi connectivity index (χ4v) is 9.50. The van der Waals surface area contributed by atoms with Gasteiger partial charge < -0.3 is 4.74 Å². The molecule has 160 valence electrons. The van der Waals surface area contributed by atoms with Gasteiger partial charge in [0, 0.05) is 5.41 Å². The Morgan fingerprint density at radius 3 is 2.46 bits per heavy atom. The van der Waals surface area contributed by atoms with Crippen molar-refractivity contribution in [2.75, 3.05) is 0 Å². The third-order valence-electron chi connectivity index (χ3n) is 11.2. The van der Waals surface area contributed by atoms with Crippen molar-refractivity contribution in [1.82, 2.24) is 0 Å². The Labute approximate surface area is 174 Å². The van der Waals surface area contributed by atoms with Crippen LogP contribution < -0.4 is 0 Å². The quantitative estimate of drug-likeness (QED) is 0.320. The van der Waals surface area contributed by atoms with Gasteiger partial charge >= 0.3 is 0 Å². The maximum absolute atomic E-state index is 6.47. The molecule has 0 unspecified atom stereocenters. The monoisotopic (exact) mass is 386 g/mol. The molecule has 1 aliphatic heterocycles. The van der Waals surface area contributed by atoms with Crippen molar-refractivity contribution >= 4 is 0 Å². The molecule has 0 bridgehead atoms. The van der Waals surface area contributed by atoms with E-state index in [1.165, 1.54) is 89.9 Å². The van der Waals surface area contributed by atoms with Crippen LogP contribution in [0.3, 0.4) is 0 Å². The number of fused-ring (bicyclic) bond motifs is 4. The highest BCUT2D eigenvalue weighted by atomic mass is 16.6. The second kappa shape index (κ2) is 7.28. The van der Waals surface area contributed by atoms with Gasteiger partial charge in [0.05, 0.1) is 6.10 Å². The van der Waals surface area contributed by atoms with Crippen LogP contribution in [-0.4, -0.2) is 11.7 Å². The van der Waals surface area contributed by atoms with Gasteiger partial charge in [-0.15, -0.1) is 0 Å². The van der Waals surface area contributed by atoms with Gasteiger partial charge in [-0.2, -0.15) is 0 Å². The summed E-state index contributed by atoms with van der Waals surface area (Å²) in [4.78, 5) is 0. The van der Waals surface area contributed by atoms with E-state index in [2.05, 4.69) is 20.8 Å². The summed E-state index contributed by atoms with van der Waals surface area (Å²) in [6, 6.07) is 0. The SMILES string of the molecule is CCCCCCCC[C@H]1CC[C@H]2[C@@H]3CC[C@@]45O[C@@H]4CCC[C@]5(C)[C@H]3CC[C@]12C. The number of hydrogen-bond donors (Lipinski definition) is 0. The first kappa shape index (κ1) is 19.9. The van der Waals surface area contributed by atoms with Crippen LogP contribution in [0.4, 0.5) is 0 Å². The van der Waals surface area contributed by atoms with Crippen LogP contribution >= 0.6 is 0 Å². The van der Waals surface area contributed by atoms with E-state index in [1.54, 1.807) is 12.8 Å². The zero-order valence-electron chi connectivity index (χ0n) is 19.1. The lowest BCUT2D eigenvalue weighted by Gasteiger charge is -2.59. The standard InChI is InChI=1S/C27H46O/c1-4-5-6-7-8-9-11-20-13-14-22-21-15-19-27-24(28-27)12-10-17-26(27,3)23(21)16-18-25(20,22)2/h20-24H,4-19H2,1-3H3/t20-,21-,22-,23-,24+,25+,26+,27+/m0/s1. The van der Waals surface area contributed by atoms with Crippen LogP contribution in [-0.2, 0) is 4.74 Å². The van der Waals surface area contributed by atoms with Gasteiger partial charge in [-0.1, -0.05) is 65.7 Å². The molecule has 0 aromatic heterocycles. The number of rotatable bonds is 7. The van der Waals surface area contributed by atoms with Gasteiger partial charge in [-0.25, -0.2) is 0 Å². The summed E-state index contributed by atoms with van der Waals surface area (Å²) < 4.78 is 6.47. The fraction of sp³-hybridized carbons (Fsp3) is 1.00. The Morgan fingerprint density at radius 1 is 0.786 bits per heavy atom. The number of ether oxygens (including phenoxy) is 1. The van der Waals surface area contributed by atoms with Gasteiger partial charge in [-0.05, 0) is 86.9 Å². The third kappa shape index (κ3) is 2.80. The summed E-state index contributed by atoms with van der Waals surface area (Å²) in [5, 5.41) is 0. The number of epoxide rings is 1. The highest BCUT2D eigenvalue weighted by molar-refractivity contribution is 5.22. The van der Waals surface area contributed by atoms with Crippen molar-refractivity contribution in [1.29, 1.82) is 0 Å². The zero-order valence-corrected chi connectivity index (χ0v) is 19.1. The minimum atomic E-state index is 0.330. The molecular weight excluding hydrogens is 340 g/mol. The summed E-state index contributed by atoms with van der Waals surface area (Å²) in [6.45, 7) is 7.72. The molecule has 0 N–H and O–H groups in total. The van der Waals surface area contributed by atoms with Crippen molar-refractivity contribution < 1.29 is 4.74 Å². The van der Waals surface area contributed by atoms with E-state index in [0.29, 0.717) is 22.5 Å². The van der Waals surface area contributed by atoms with E-state index in [1.807, 2.05) is 0 Å². The van der Waals surface area contributed by atoms with Crippen molar-refractivity contribution in [2.45, 2.75) is 135 Å². The fourth-order valence-electron chi connectivity index (χ4n) is 9.50. The lowest BCUT2D eigenvalue weighted by atomic mass is 9.44. The third-order valence-corrected chi connectivity index (χ3v) is 11.2. The minimum absolute atomic E-state index is 0.330. The van der Waals surface area contributed by atoms with Gasteiger partial charge in [-0.3, -0.25) is 0 Å². The van der Waals surface area contributed by atoms with Gasteiger partial charge in [0.15, 0.2) is 0 Å². The molecular formula is C27H46O. The summed E-state index contributed by atoms with van der Waals surface area (Å²) in [7, 11) is 0. The Kier molecular flexibility index (Phi) is 5.17. The molecule has 1 nitrogen and oxygen atoms in total. The predicted molar refractivity (Wildman–Crippen MR) is 117 cm³/mol. The Hall–Kier alpha value is -0.0400. The molecule has 1 heterocycles. The average Bonchev–Trinajstić information content (AvgIpc) is 3.32. The summed E-state index contributed by atoms with van der Waals surface area (Å²) in [6.07, 6.45) is 24.2. The van der Waals surface area contributed by atoms with Crippen LogP contribution in [0.5, 0.6) is 0 Å². The normalized spacial score (nSPS) is 51.8. The molecule has 4 saturated carbocycles. The molecule has 0 radical (unpaired) electrons. The highest BCUT2D eigenvalue weighted by Gasteiger charge is 2.73. The maximum atomic E-state index is 6.47. The van der Waals surface area contributed by atoms with Crippen LogP contribution in [0.25, 0.3) is 0 Å². The molecule has 5 rings (SSSR count). The average molecular weight is 387 g/mol. The molecule has 5 aliphatic rings. The first-order valence-electron chi connectivity index (χ1n) is 13.2. The van der Waals surface area contributed by atoms with Crippen LogP contribution in [0.1, 0.15) is 124 Å². The van der Waals surface area contributed by atoms with Crippen molar-refractivity contribution in [3.05, 3.63) is 0 Å². The molecule has 1 heteroatoms. The second-order valence-electron chi connectivity index (χ2n) is 12.1. The van der Waals surface area contributed by atoms with Crippen LogP contribution in [0.2, 0.25) is 0 Å². The van der Waals surface area contributed by atoms with E-state index < -0.39 is 0 Å². The zero-order chi connectivity index (χ0) is 19.4. The molecule has 5 fully saturated rings. The Bertz CT molecular complexity index is 571. The van der Waals surface area contributed by atoms with Crippen LogP contribution in [0.15, 0.2) is 0 Å². The van der Waals surface area contributed by atoms with Gasteiger partial charge in [0.2, 0.25) is 0 Å². The van der Waals surface area contributed by atoms with E-state index in [9.17, 15) is 0 Å². The molecule has 4 aliphatic carbocycles. The summed E-state index contributed by atoms with van der Waals surface area (Å²) in [5.74, 6) is 4.05. The van der Waals surface area contributed by atoms with Gasteiger partial charge in [0.1, 0.15) is 5.60 Å². The van der Waals surface area contributed by atoms with E-state index >= 15 is 0 Å². The smallest absolute Gasteiger partial charge is 0.100 e. The molecule has 0 amide bonds. The topological polar surface area (TPSA) is 12.5 Å². The lowest BCUT2D eigenvalue weighted by Crippen LogP contribution is -2.57. The molecule has 1 saturated heterocycles. The molecule has 0 aromatic rings. The Balaban J connectivity index is 1.23. The summed E-state index contributed by atoms with van der Waals surface area (Å²) in [5.41, 5.74) is 1.51. The first-order valence-corrected chi connectivity index (χ1v) is 13.2. The highest BCUT2D eigenvalue weighted by Crippen LogP contribution is 2.73.